The summed E-state index contributed by atoms with van der Waals surface area (Å²) in [5.41, 5.74) is 1.65. The molecule has 86 valence electrons. The summed E-state index contributed by atoms with van der Waals surface area (Å²) in [5, 5.41) is 0.658. The van der Waals surface area contributed by atoms with Gasteiger partial charge in [-0.25, -0.2) is 0 Å². The third kappa shape index (κ3) is 3.42. The van der Waals surface area contributed by atoms with Gasteiger partial charge >= 0.3 is 0 Å². The fourth-order valence-electron chi connectivity index (χ4n) is 1.57. The molecular weight excluding hydrogens is 300 g/mol. The lowest BCUT2D eigenvalue weighted by Crippen LogP contribution is -2.03. The van der Waals surface area contributed by atoms with Crippen molar-refractivity contribution >= 4 is 33.3 Å². The molecule has 2 rings (SSSR count). The lowest BCUT2D eigenvalue weighted by molar-refractivity contribution is 0.0993. The minimum atomic E-state index is 0.0970. The fraction of sp³-hybridized carbons (Fsp3) is 0.0714. The van der Waals surface area contributed by atoms with E-state index in [1.165, 1.54) is 0 Å². The zero-order chi connectivity index (χ0) is 12.3. The molecule has 2 aromatic rings. The van der Waals surface area contributed by atoms with Gasteiger partial charge in [-0.2, -0.15) is 0 Å². The van der Waals surface area contributed by atoms with Gasteiger partial charge in [0, 0.05) is 21.5 Å². The minimum Gasteiger partial charge on any atom is -0.294 e. The van der Waals surface area contributed by atoms with Gasteiger partial charge in [0.15, 0.2) is 5.78 Å². The molecule has 0 heterocycles. The maximum atomic E-state index is 12.0. The molecule has 1 nitrogen and oxygen atoms in total. The summed E-state index contributed by atoms with van der Waals surface area (Å²) in [6.07, 6.45) is 0.377. The van der Waals surface area contributed by atoms with E-state index in [0.717, 1.165) is 10.0 Å². The Morgan fingerprint density at radius 3 is 2.47 bits per heavy atom. The van der Waals surface area contributed by atoms with Crippen molar-refractivity contribution in [3.05, 3.63) is 69.2 Å². The summed E-state index contributed by atoms with van der Waals surface area (Å²) in [5.74, 6) is 0.0970. The second-order valence-electron chi connectivity index (χ2n) is 3.74. The topological polar surface area (TPSA) is 17.1 Å². The van der Waals surface area contributed by atoms with Crippen LogP contribution in [-0.4, -0.2) is 5.78 Å². The third-order valence-electron chi connectivity index (χ3n) is 2.42. The molecule has 17 heavy (non-hydrogen) atoms. The summed E-state index contributed by atoms with van der Waals surface area (Å²) in [6.45, 7) is 0. The van der Waals surface area contributed by atoms with E-state index in [4.69, 9.17) is 11.6 Å². The number of halogens is 2. The van der Waals surface area contributed by atoms with Crippen LogP contribution in [-0.2, 0) is 6.42 Å². The van der Waals surface area contributed by atoms with Crippen LogP contribution in [0.1, 0.15) is 15.9 Å². The van der Waals surface area contributed by atoms with Crippen molar-refractivity contribution in [3.8, 4) is 0 Å². The summed E-state index contributed by atoms with van der Waals surface area (Å²) in [7, 11) is 0. The van der Waals surface area contributed by atoms with Crippen molar-refractivity contribution in [1.82, 2.24) is 0 Å². The molecule has 3 heteroatoms. The van der Waals surface area contributed by atoms with Crippen LogP contribution in [0.25, 0.3) is 0 Å². The average Bonchev–Trinajstić information content (AvgIpc) is 2.29. The summed E-state index contributed by atoms with van der Waals surface area (Å²) in [4.78, 5) is 12.0. The molecule has 0 spiro atoms. The minimum absolute atomic E-state index is 0.0970. The molecule has 0 radical (unpaired) electrons. The molecule has 0 saturated heterocycles. The zero-order valence-electron chi connectivity index (χ0n) is 8.99. The molecule has 0 unspecified atom stereocenters. The molecule has 0 bridgehead atoms. The maximum absolute atomic E-state index is 12.0. The van der Waals surface area contributed by atoms with Crippen LogP contribution in [0.15, 0.2) is 53.0 Å². The van der Waals surface area contributed by atoms with E-state index in [1.807, 2.05) is 42.5 Å². The number of ketones is 1. The lowest BCUT2D eigenvalue weighted by Gasteiger charge is -2.02. The lowest BCUT2D eigenvalue weighted by atomic mass is 10.0. The monoisotopic (exact) mass is 308 g/mol. The third-order valence-corrected chi connectivity index (χ3v) is 3.18. The first kappa shape index (κ1) is 12.3. The smallest absolute Gasteiger partial charge is 0.167 e. The van der Waals surface area contributed by atoms with Gasteiger partial charge in [0.25, 0.3) is 0 Å². The molecule has 0 aliphatic rings. The Balaban J connectivity index is 2.14. The van der Waals surface area contributed by atoms with E-state index >= 15 is 0 Å². The highest BCUT2D eigenvalue weighted by Crippen LogP contribution is 2.15. The van der Waals surface area contributed by atoms with Gasteiger partial charge in [0.1, 0.15) is 0 Å². The second kappa shape index (κ2) is 5.48. The van der Waals surface area contributed by atoms with Gasteiger partial charge in [-0.3, -0.25) is 4.79 Å². The van der Waals surface area contributed by atoms with Crippen LogP contribution in [0.3, 0.4) is 0 Å². The molecule has 2 aromatic carbocycles. The standard InChI is InChI=1S/C14H10BrClO/c15-12-6-4-11(5-7-12)14(17)9-10-2-1-3-13(16)8-10/h1-8H,9H2. The Kier molecular flexibility index (Phi) is 3.97. The quantitative estimate of drug-likeness (QED) is 0.761. The Bertz CT molecular complexity index is 534. The second-order valence-corrected chi connectivity index (χ2v) is 5.09. The summed E-state index contributed by atoms with van der Waals surface area (Å²) in [6, 6.07) is 14.7. The summed E-state index contributed by atoms with van der Waals surface area (Å²) < 4.78 is 0.969. The number of carbonyl (C=O) groups is 1. The molecule has 0 aliphatic carbocycles. The van der Waals surface area contributed by atoms with Crippen molar-refractivity contribution in [1.29, 1.82) is 0 Å². The van der Waals surface area contributed by atoms with E-state index < -0.39 is 0 Å². The van der Waals surface area contributed by atoms with Crippen LogP contribution in [0.5, 0.6) is 0 Å². The SMILES string of the molecule is O=C(Cc1cccc(Cl)c1)c1ccc(Br)cc1. The fourth-order valence-corrected chi connectivity index (χ4v) is 2.05. The number of hydrogen-bond acceptors (Lipinski definition) is 1. The summed E-state index contributed by atoms with van der Waals surface area (Å²) >= 11 is 9.22. The maximum Gasteiger partial charge on any atom is 0.167 e. The van der Waals surface area contributed by atoms with E-state index in [0.29, 0.717) is 17.0 Å². The average molecular weight is 310 g/mol. The number of benzene rings is 2. The molecule has 0 N–H and O–H groups in total. The van der Waals surface area contributed by atoms with E-state index in [-0.39, 0.29) is 5.78 Å². The highest BCUT2D eigenvalue weighted by atomic mass is 79.9. The van der Waals surface area contributed by atoms with Crippen molar-refractivity contribution < 1.29 is 4.79 Å². The van der Waals surface area contributed by atoms with Gasteiger partial charge in [0.05, 0.1) is 0 Å². The van der Waals surface area contributed by atoms with Crippen LogP contribution >= 0.6 is 27.5 Å². The van der Waals surface area contributed by atoms with E-state index in [9.17, 15) is 4.79 Å². The molecule has 0 saturated carbocycles. The van der Waals surface area contributed by atoms with Crippen molar-refractivity contribution in [2.24, 2.45) is 0 Å². The predicted molar refractivity (Wildman–Crippen MR) is 73.6 cm³/mol. The van der Waals surface area contributed by atoms with Crippen molar-refractivity contribution in [2.45, 2.75) is 6.42 Å². The molecule has 0 aromatic heterocycles. The molecule has 0 amide bonds. The Labute approximate surface area is 114 Å². The van der Waals surface area contributed by atoms with Gasteiger partial charge < -0.3 is 0 Å². The van der Waals surface area contributed by atoms with Crippen LogP contribution in [0.4, 0.5) is 0 Å². The largest absolute Gasteiger partial charge is 0.294 e. The first-order valence-corrected chi connectivity index (χ1v) is 6.35. The molecule has 0 fully saturated rings. The predicted octanol–water partition coefficient (Wildman–Crippen LogP) is 4.53. The Morgan fingerprint density at radius 1 is 1.12 bits per heavy atom. The Hall–Kier alpha value is -1.12. The highest BCUT2D eigenvalue weighted by molar-refractivity contribution is 9.10. The van der Waals surface area contributed by atoms with Crippen LogP contribution in [0.2, 0.25) is 5.02 Å². The number of hydrogen-bond donors (Lipinski definition) is 0. The van der Waals surface area contributed by atoms with Crippen LogP contribution in [0, 0.1) is 0 Å². The molecular formula is C14H10BrClO. The van der Waals surface area contributed by atoms with Crippen molar-refractivity contribution in [2.75, 3.05) is 0 Å². The molecule has 0 aliphatic heterocycles. The number of carbonyl (C=O) groups excluding carboxylic acids is 1. The van der Waals surface area contributed by atoms with Gasteiger partial charge in [0.2, 0.25) is 0 Å². The number of Topliss-reactive ketones (excluding diaryl/α,β-unsaturated/α-hetero) is 1. The molecule has 0 atom stereocenters. The van der Waals surface area contributed by atoms with Gasteiger partial charge in [-0.15, -0.1) is 0 Å². The Morgan fingerprint density at radius 2 is 1.82 bits per heavy atom. The van der Waals surface area contributed by atoms with E-state index in [1.54, 1.807) is 6.07 Å². The van der Waals surface area contributed by atoms with Gasteiger partial charge in [-0.05, 0) is 29.8 Å². The number of rotatable bonds is 3. The van der Waals surface area contributed by atoms with Crippen LogP contribution < -0.4 is 0 Å². The normalized spacial score (nSPS) is 10.2. The van der Waals surface area contributed by atoms with E-state index in [2.05, 4.69) is 15.9 Å². The van der Waals surface area contributed by atoms with Crippen molar-refractivity contribution in [3.63, 3.8) is 0 Å². The highest BCUT2D eigenvalue weighted by Gasteiger charge is 2.06. The zero-order valence-corrected chi connectivity index (χ0v) is 11.3. The first-order chi connectivity index (χ1) is 8.15. The van der Waals surface area contributed by atoms with Gasteiger partial charge in [-0.1, -0.05) is 51.8 Å². The first-order valence-electron chi connectivity index (χ1n) is 5.18.